The molecule has 1 saturated heterocycles. The molecular formula is C39H64F2N4O7. The summed E-state index contributed by atoms with van der Waals surface area (Å²) >= 11 is 0. The second kappa shape index (κ2) is 21.0. The van der Waals surface area contributed by atoms with Gasteiger partial charge in [-0.2, -0.15) is 0 Å². The van der Waals surface area contributed by atoms with Crippen molar-refractivity contribution in [3.8, 4) is 0 Å². The highest BCUT2D eigenvalue weighted by Gasteiger charge is 2.45. The van der Waals surface area contributed by atoms with Crippen molar-refractivity contribution in [2.24, 2.45) is 29.6 Å². The molecule has 0 aromatic heterocycles. The van der Waals surface area contributed by atoms with Crippen LogP contribution in [0.4, 0.5) is 8.78 Å². The standard InChI is InChI=1S/C39H64F2N4O7/c1-12-24(6)36(44(9)39(50)28(22(2)3)19-32(47)35(42-8)23(4)5)33(51-10)20-34(48)45-21-26(46)18-31(45)37(52-11)25(7)38(49)43-17-16-27-29(40)14-13-15-30(27)41/h13-15,22-26,28,31,33,35-37,42,46H,12,16-21H2,1-11H3,(H,43,49)/t24-,25+,26?,28-,31-,33+,35-,36-,37+/m0/s1. The monoisotopic (exact) mass is 738 g/mol. The molecule has 3 amide bonds. The van der Waals surface area contributed by atoms with Crippen molar-refractivity contribution in [1.29, 1.82) is 0 Å². The topological polar surface area (TPSA) is 138 Å². The number of carbonyl (C=O) groups excluding carboxylic acids is 4. The number of Topliss-reactive ketones (excluding diaryl/α,β-unsaturated/α-hetero) is 1. The minimum Gasteiger partial charge on any atom is -0.391 e. The molecule has 9 atom stereocenters. The second-order valence-corrected chi connectivity index (χ2v) is 15.1. The van der Waals surface area contributed by atoms with Gasteiger partial charge in [-0.3, -0.25) is 19.2 Å². The molecule has 11 nitrogen and oxygen atoms in total. The van der Waals surface area contributed by atoms with E-state index in [1.807, 2.05) is 41.5 Å². The van der Waals surface area contributed by atoms with Crippen molar-refractivity contribution in [3.63, 3.8) is 0 Å². The third kappa shape index (κ3) is 11.5. The number of likely N-dealkylation sites (N-methyl/N-ethyl adjacent to an activating group) is 2. The number of nitrogens with zero attached hydrogens (tertiary/aromatic N) is 2. The summed E-state index contributed by atoms with van der Waals surface area (Å²) in [4.78, 5) is 57.9. The zero-order valence-electron chi connectivity index (χ0n) is 33.1. The van der Waals surface area contributed by atoms with Gasteiger partial charge in [0.2, 0.25) is 17.7 Å². The van der Waals surface area contributed by atoms with Gasteiger partial charge in [0.1, 0.15) is 11.6 Å². The fourth-order valence-corrected chi connectivity index (χ4v) is 7.63. The van der Waals surface area contributed by atoms with Crippen molar-refractivity contribution in [3.05, 3.63) is 35.4 Å². The number of hydrogen-bond donors (Lipinski definition) is 3. The van der Waals surface area contributed by atoms with Crippen LogP contribution in [0.3, 0.4) is 0 Å². The van der Waals surface area contributed by atoms with Crippen LogP contribution in [-0.2, 0) is 35.1 Å². The molecule has 1 aromatic carbocycles. The number of aliphatic hydroxyl groups is 1. The average molecular weight is 739 g/mol. The van der Waals surface area contributed by atoms with E-state index in [4.69, 9.17) is 9.47 Å². The van der Waals surface area contributed by atoms with Gasteiger partial charge in [-0.1, -0.05) is 61.0 Å². The zero-order chi connectivity index (χ0) is 39.4. The summed E-state index contributed by atoms with van der Waals surface area (Å²) in [7, 11) is 6.39. The molecule has 0 aliphatic carbocycles. The summed E-state index contributed by atoms with van der Waals surface area (Å²) in [5.74, 6) is -3.78. The number of rotatable bonds is 21. The first kappa shape index (κ1) is 45.2. The Bertz CT molecular complexity index is 1310. The van der Waals surface area contributed by atoms with Gasteiger partial charge in [-0.05, 0) is 49.8 Å². The SMILES string of the molecule is CC[C@H](C)[C@@H]([C@@H](CC(=O)N1CC(O)C[C@H]1[C@H](OC)[C@@H](C)C(=O)NCCc1c(F)cccc1F)OC)N(C)C(=O)[C@@H](CC(=O)[C@@H](NC)C(C)C)C(C)C. The van der Waals surface area contributed by atoms with Crippen molar-refractivity contribution in [1.82, 2.24) is 20.4 Å². The largest absolute Gasteiger partial charge is 0.391 e. The molecule has 13 heteroatoms. The van der Waals surface area contributed by atoms with E-state index in [2.05, 4.69) is 10.6 Å². The Balaban J connectivity index is 2.25. The highest BCUT2D eigenvalue weighted by molar-refractivity contribution is 5.90. The van der Waals surface area contributed by atoms with E-state index in [-0.39, 0.29) is 85.7 Å². The van der Waals surface area contributed by atoms with E-state index < -0.39 is 59.8 Å². The molecule has 1 aliphatic rings. The first-order valence-corrected chi connectivity index (χ1v) is 18.7. The maximum Gasteiger partial charge on any atom is 0.226 e. The Morgan fingerprint density at radius 2 is 1.62 bits per heavy atom. The molecule has 0 bridgehead atoms. The number of ketones is 1. The van der Waals surface area contributed by atoms with Crippen molar-refractivity contribution >= 4 is 23.5 Å². The summed E-state index contributed by atoms with van der Waals surface area (Å²) in [6, 6.07) is 2.09. The number of likely N-dealkylation sites (tertiary alicyclic amines) is 1. The van der Waals surface area contributed by atoms with Gasteiger partial charge in [0.25, 0.3) is 0 Å². The van der Waals surface area contributed by atoms with E-state index in [0.717, 1.165) is 12.1 Å². The van der Waals surface area contributed by atoms with E-state index in [9.17, 15) is 33.1 Å². The number of β-amino-alcohol motifs (C(OH)–C–C–N with tert-alkyl or cyclic N) is 1. The van der Waals surface area contributed by atoms with E-state index in [1.165, 1.54) is 25.2 Å². The maximum absolute atomic E-state index is 14.2. The highest BCUT2D eigenvalue weighted by atomic mass is 19.1. The van der Waals surface area contributed by atoms with Crippen LogP contribution in [0.15, 0.2) is 18.2 Å². The lowest BCUT2D eigenvalue weighted by Crippen LogP contribution is -2.54. The molecule has 1 fully saturated rings. The third-order valence-corrected chi connectivity index (χ3v) is 10.9. The summed E-state index contributed by atoms with van der Waals surface area (Å²) in [5.41, 5.74) is -0.119. The Morgan fingerprint density at radius 1 is 1.00 bits per heavy atom. The molecule has 1 heterocycles. The van der Waals surface area contributed by atoms with Crippen LogP contribution < -0.4 is 10.6 Å². The Morgan fingerprint density at radius 3 is 2.12 bits per heavy atom. The second-order valence-electron chi connectivity index (χ2n) is 15.1. The number of carbonyl (C=O) groups is 4. The van der Waals surface area contributed by atoms with Crippen LogP contribution in [0.25, 0.3) is 0 Å². The predicted octanol–water partition coefficient (Wildman–Crippen LogP) is 3.99. The number of hydrogen-bond acceptors (Lipinski definition) is 8. The molecule has 0 spiro atoms. The first-order chi connectivity index (χ1) is 24.4. The summed E-state index contributed by atoms with van der Waals surface area (Å²) in [6.45, 7) is 13.5. The van der Waals surface area contributed by atoms with Crippen LogP contribution in [0.5, 0.6) is 0 Å². The first-order valence-electron chi connectivity index (χ1n) is 18.7. The Kier molecular flexibility index (Phi) is 18.3. The summed E-state index contributed by atoms with van der Waals surface area (Å²) in [5, 5.41) is 16.5. The molecule has 1 aliphatic heterocycles. The average Bonchev–Trinajstić information content (AvgIpc) is 3.48. The molecular weight excluding hydrogens is 674 g/mol. The van der Waals surface area contributed by atoms with E-state index >= 15 is 0 Å². The van der Waals surface area contributed by atoms with Gasteiger partial charge in [-0.15, -0.1) is 0 Å². The fourth-order valence-electron chi connectivity index (χ4n) is 7.63. The van der Waals surface area contributed by atoms with Crippen LogP contribution in [0.1, 0.15) is 79.7 Å². The van der Waals surface area contributed by atoms with Crippen LogP contribution >= 0.6 is 0 Å². The number of amides is 3. The quantitative estimate of drug-likeness (QED) is 0.172. The fraction of sp³-hybridized carbons (Fsp3) is 0.744. The number of ether oxygens (including phenoxy) is 2. The van der Waals surface area contributed by atoms with Crippen LogP contribution in [0.2, 0.25) is 0 Å². The van der Waals surface area contributed by atoms with Crippen molar-refractivity contribution in [2.45, 2.75) is 117 Å². The smallest absolute Gasteiger partial charge is 0.226 e. The molecule has 1 unspecified atom stereocenters. The summed E-state index contributed by atoms with van der Waals surface area (Å²) < 4.78 is 39.9. The van der Waals surface area contributed by atoms with Gasteiger partial charge in [-0.25, -0.2) is 8.78 Å². The van der Waals surface area contributed by atoms with Gasteiger partial charge in [0.15, 0.2) is 5.78 Å². The number of aliphatic hydroxyl groups excluding tert-OH is 1. The molecule has 52 heavy (non-hydrogen) atoms. The molecule has 0 saturated carbocycles. The molecule has 296 valence electrons. The van der Waals surface area contributed by atoms with Crippen LogP contribution in [0, 0.1) is 41.2 Å². The lowest BCUT2D eigenvalue weighted by molar-refractivity contribution is -0.149. The van der Waals surface area contributed by atoms with Gasteiger partial charge >= 0.3 is 0 Å². The Labute approximate surface area is 309 Å². The maximum atomic E-state index is 14.2. The minimum atomic E-state index is -0.849. The number of benzene rings is 1. The molecule has 0 radical (unpaired) electrons. The predicted molar refractivity (Wildman–Crippen MR) is 196 cm³/mol. The van der Waals surface area contributed by atoms with Gasteiger partial charge < -0.3 is 35.0 Å². The number of halogens is 2. The minimum absolute atomic E-state index is 0.00815. The lowest BCUT2D eigenvalue weighted by Gasteiger charge is -2.40. The zero-order valence-corrected chi connectivity index (χ0v) is 33.1. The summed E-state index contributed by atoms with van der Waals surface area (Å²) in [6.07, 6.45) is -1.53. The Hall–Kier alpha value is -3.00. The lowest BCUT2D eigenvalue weighted by atomic mass is 9.84. The van der Waals surface area contributed by atoms with E-state index in [0.29, 0.717) is 6.42 Å². The van der Waals surface area contributed by atoms with E-state index in [1.54, 1.807) is 25.9 Å². The highest BCUT2D eigenvalue weighted by Crippen LogP contribution is 2.31. The third-order valence-electron chi connectivity index (χ3n) is 10.9. The van der Waals surface area contributed by atoms with Gasteiger partial charge in [0, 0.05) is 52.3 Å². The van der Waals surface area contributed by atoms with Crippen LogP contribution in [-0.4, -0.2) is 116 Å². The molecule has 3 N–H and O–H groups in total. The molecule has 1 aromatic rings. The van der Waals surface area contributed by atoms with Gasteiger partial charge in [0.05, 0.1) is 48.8 Å². The van der Waals surface area contributed by atoms with Crippen molar-refractivity contribution < 1.29 is 42.5 Å². The normalized spacial score (nSPS) is 20.3. The number of methoxy groups -OCH3 is 2. The molecule has 2 rings (SSSR count). The van der Waals surface area contributed by atoms with Crippen molar-refractivity contribution in [2.75, 3.05) is 41.4 Å². The number of nitrogens with one attached hydrogen (secondary N) is 2.